The topological polar surface area (TPSA) is 0 Å². The molecule has 1 heteroatoms. The van der Waals surface area contributed by atoms with Crippen molar-refractivity contribution in [2.75, 3.05) is 0 Å². The van der Waals surface area contributed by atoms with E-state index >= 15 is 0 Å². The first-order valence-electron chi connectivity index (χ1n) is 7.28. The van der Waals surface area contributed by atoms with Gasteiger partial charge in [-0.15, -0.1) is 0 Å². The van der Waals surface area contributed by atoms with Gasteiger partial charge in [0, 0.05) is 0 Å². The Morgan fingerprint density at radius 3 is 1.68 bits per heavy atom. The molecular formula is C18H21K. The van der Waals surface area contributed by atoms with Crippen molar-refractivity contribution in [2.24, 2.45) is 5.92 Å². The Balaban J connectivity index is 2.44. The molecule has 94 valence electrons. The first kappa shape index (κ1) is 15.5. The summed E-state index contributed by atoms with van der Waals surface area (Å²) in [6.45, 7) is 4.68. The van der Waals surface area contributed by atoms with Crippen molar-refractivity contribution in [3.8, 4) is 0 Å². The van der Waals surface area contributed by atoms with Crippen LogP contribution >= 0.6 is 0 Å². The number of rotatable bonds is 5. The van der Waals surface area contributed by atoms with E-state index in [-0.39, 0.29) is 0 Å². The van der Waals surface area contributed by atoms with Gasteiger partial charge < -0.3 is 0 Å². The van der Waals surface area contributed by atoms with E-state index in [0.29, 0.717) is 48.5 Å². The Labute approximate surface area is 151 Å². The van der Waals surface area contributed by atoms with Crippen LogP contribution in [-0.2, 0) is -0.490 Å². The van der Waals surface area contributed by atoms with Crippen LogP contribution in [0.4, 0.5) is 0 Å². The third kappa shape index (κ3) is 3.80. The molecule has 0 aromatic heterocycles. The van der Waals surface area contributed by atoms with E-state index < -0.39 is 0 Å². The third-order valence-corrected chi connectivity index (χ3v) is 6.72. The van der Waals surface area contributed by atoms with Gasteiger partial charge in [0.2, 0.25) is 0 Å². The summed E-state index contributed by atoms with van der Waals surface area (Å²) in [5.41, 5.74) is 3.00. The van der Waals surface area contributed by atoms with Gasteiger partial charge in [-0.25, -0.2) is 0 Å². The predicted molar refractivity (Wildman–Crippen MR) is 83.5 cm³/mol. The molecule has 0 fully saturated rings. The van der Waals surface area contributed by atoms with Crippen molar-refractivity contribution < 1.29 is 0 Å². The van der Waals surface area contributed by atoms with Crippen LogP contribution in [0.1, 0.15) is 37.8 Å². The molecule has 0 heterocycles. The molecular weight excluding hydrogens is 255 g/mol. The first-order chi connectivity index (χ1) is 9.16. The molecule has 0 saturated carbocycles. The summed E-state index contributed by atoms with van der Waals surface area (Å²) in [7, 11) is 0. The Bertz CT molecular complexity index is 450. The molecule has 0 amide bonds. The van der Waals surface area contributed by atoms with Crippen LogP contribution in [0.25, 0.3) is 0 Å². The molecule has 1 atom stereocenters. The van der Waals surface area contributed by atoms with Crippen LogP contribution in [0.2, 0.25) is 0 Å². The van der Waals surface area contributed by atoms with Gasteiger partial charge >= 0.3 is 153 Å². The van der Waals surface area contributed by atoms with Crippen molar-refractivity contribution in [1.29, 1.82) is 0 Å². The molecule has 0 radical (unpaired) electrons. The molecule has 0 saturated heterocycles. The quantitative estimate of drug-likeness (QED) is 0.704. The molecule has 0 nitrogen and oxygen atoms in total. The molecule has 0 aliphatic carbocycles. The molecule has 0 aliphatic rings. The Morgan fingerprint density at radius 2 is 1.32 bits per heavy atom. The van der Waals surface area contributed by atoms with Crippen LogP contribution in [0.15, 0.2) is 60.7 Å². The van der Waals surface area contributed by atoms with E-state index in [1.807, 2.05) is 0 Å². The normalized spacial score (nSPS) is 13.3. The zero-order valence-electron chi connectivity index (χ0n) is 12.3. The summed E-state index contributed by atoms with van der Waals surface area (Å²) in [5.74, 6) is 0.774. The van der Waals surface area contributed by atoms with Crippen LogP contribution in [0, 0.1) is 5.92 Å². The average Bonchev–Trinajstić information content (AvgIpc) is 2.48. The summed E-state index contributed by atoms with van der Waals surface area (Å²) < 4.78 is 0.297. The second kappa shape index (κ2) is 7.19. The van der Waals surface area contributed by atoms with Gasteiger partial charge in [0.15, 0.2) is 0 Å². The Hall–Kier alpha value is 0.0764. The molecule has 0 N–H and O–H groups in total. The fraction of sp³-hybridized carbons (Fsp3) is 0.333. The molecule has 19 heavy (non-hydrogen) atoms. The fourth-order valence-corrected chi connectivity index (χ4v) is 4.98. The maximum atomic E-state index is 2.38. The second-order valence-corrected chi connectivity index (χ2v) is 8.45. The fourth-order valence-electron chi connectivity index (χ4n) is 2.86. The standard InChI is InChI=1S/C18H21.K/c1-3-15(2)14-18(16-10-6-4-7-11-16)17-12-8-5-9-13-17;/h4-13,15H,3,14H2,1-2H3;. The third-order valence-electron chi connectivity index (χ3n) is 4.28. The van der Waals surface area contributed by atoms with E-state index in [9.17, 15) is 0 Å². The zero-order chi connectivity index (χ0) is 13.7. The van der Waals surface area contributed by atoms with E-state index in [1.54, 1.807) is 0 Å². The van der Waals surface area contributed by atoms with Gasteiger partial charge in [0.25, 0.3) is 0 Å². The van der Waals surface area contributed by atoms with E-state index in [4.69, 9.17) is 0 Å². The number of hydrogen-bond acceptors (Lipinski definition) is 0. The average molecular weight is 276 g/mol. The minimum atomic E-state index is 0.297. The van der Waals surface area contributed by atoms with Gasteiger partial charge in [-0.3, -0.25) is 0 Å². The van der Waals surface area contributed by atoms with Crippen LogP contribution in [0.5, 0.6) is 0 Å². The number of hydrogen-bond donors (Lipinski definition) is 0. The van der Waals surface area contributed by atoms with Crippen LogP contribution in [0.3, 0.4) is 0 Å². The second-order valence-electron chi connectivity index (χ2n) is 5.78. The Morgan fingerprint density at radius 1 is 0.895 bits per heavy atom. The molecule has 0 spiro atoms. The minimum absolute atomic E-state index is 0.297. The summed E-state index contributed by atoms with van der Waals surface area (Å²) in [5, 5.41) is 0. The van der Waals surface area contributed by atoms with Crippen molar-refractivity contribution in [3.63, 3.8) is 0 Å². The van der Waals surface area contributed by atoms with Gasteiger partial charge in [-0.2, -0.15) is 0 Å². The SMILES string of the molecule is CCC(C)C[C]([K])(c1ccccc1)c1ccccc1. The Kier molecular flexibility index (Phi) is 5.85. The van der Waals surface area contributed by atoms with Crippen molar-refractivity contribution in [2.45, 2.75) is 26.2 Å². The van der Waals surface area contributed by atoms with Gasteiger partial charge in [0.1, 0.15) is 0 Å². The zero-order valence-corrected chi connectivity index (χ0v) is 15.4. The predicted octanol–water partition coefficient (Wildman–Crippen LogP) is 4.53. The summed E-state index contributed by atoms with van der Waals surface area (Å²) in [4.78, 5) is 0. The molecule has 2 aromatic carbocycles. The van der Waals surface area contributed by atoms with E-state index in [1.165, 1.54) is 24.0 Å². The van der Waals surface area contributed by atoms with Crippen LogP contribution in [-0.4, -0.2) is 49.0 Å². The summed E-state index contributed by atoms with van der Waals surface area (Å²) >= 11 is 0.714. The van der Waals surface area contributed by atoms with Crippen molar-refractivity contribution in [3.05, 3.63) is 71.8 Å². The van der Waals surface area contributed by atoms with Gasteiger partial charge in [-0.05, 0) is 0 Å². The van der Waals surface area contributed by atoms with Gasteiger partial charge in [-0.1, -0.05) is 0 Å². The molecule has 0 aliphatic heterocycles. The first-order valence-corrected chi connectivity index (χ1v) is 8.84. The molecule has 0 bridgehead atoms. The van der Waals surface area contributed by atoms with E-state index in [2.05, 4.69) is 74.5 Å². The maximum absolute atomic E-state index is 2.38. The monoisotopic (exact) mass is 276 g/mol. The van der Waals surface area contributed by atoms with E-state index in [0.717, 1.165) is 5.92 Å². The number of benzene rings is 2. The molecule has 1 unspecified atom stereocenters. The summed E-state index contributed by atoms with van der Waals surface area (Å²) in [6.07, 6.45) is 2.54. The van der Waals surface area contributed by atoms with Crippen molar-refractivity contribution >= 4 is 49.0 Å². The van der Waals surface area contributed by atoms with Gasteiger partial charge in [0.05, 0.1) is 0 Å². The molecule has 2 rings (SSSR count). The molecule has 2 aromatic rings. The van der Waals surface area contributed by atoms with Crippen LogP contribution < -0.4 is 0 Å². The summed E-state index contributed by atoms with van der Waals surface area (Å²) in [6, 6.07) is 22.2. The van der Waals surface area contributed by atoms with Crippen molar-refractivity contribution in [1.82, 2.24) is 0 Å².